The minimum Gasteiger partial charge on any atom is -0.479 e. The summed E-state index contributed by atoms with van der Waals surface area (Å²) in [6.07, 6.45) is -0.725. The van der Waals surface area contributed by atoms with Crippen molar-refractivity contribution in [2.75, 3.05) is 6.61 Å². The van der Waals surface area contributed by atoms with Gasteiger partial charge in [0.05, 0.1) is 6.61 Å². The molecule has 6 nitrogen and oxygen atoms in total. The Hall–Kier alpha value is -1.30. The average Bonchev–Trinajstić information content (AvgIpc) is 2.12. The monoisotopic (exact) mass is 261 g/mol. The Bertz CT molecular complexity index is 308. The molecule has 0 rings (SSSR count). The molecule has 0 bridgehead atoms. The fourth-order valence-electron chi connectivity index (χ4n) is 1.56. The lowest BCUT2D eigenvalue weighted by atomic mass is 9.90. The van der Waals surface area contributed by atoms with Crippen LogP contribution in [-0.2, 0) is 9.53 Å². The number of carboxylic acid groups (broad SMARTS) is 1. The zero-order valence-electron chi connectivity index (χ0n) is 11.6. The molecule has 0 aromatic heterocycles. The van der Waals surface area contributed by atoms with Crippen molar-refractivity contribution in [1.82, 2.24) is 5.32 Å². The number of carboxylic acids is 1. The van der Waals surface area contributed by atoms with Gasteiger partial charge in [0.2, 0.25) is 0 Å². The van der Waals surface area contributed by atoms with E-state index in [4.69, 9.17) is 4.74 Å². The minimum absolute atomic E-state index is 0.00295. The van der Waals surface area contributed by atoms with Crippen LogP contribution in [0.15, 0.2) is 0 Å². The Morgan fingerprint density at radius 1 is 1.28 bits per heavy atom. The van der Waals surface area contributed by atoms with Crippen LogP contribution in [0.5, 0.6) is 0 Å². The molecule has 1 amide bonds. The van der Waals surface area contributed by atoms with Crippen molar-refractivity contribution in [3.05, 3.63) is 0 Å². The van der Waals surface area contributed by atoms with Crippen molar-refractivity contribution in [1.29, 1.82) is 0 Å². The topological polar surface area (TPSA) is 95.9 Å². The normalized spacial score (nSPS) is 15.1. The third-order valence-electron chi connectivity index (χ3n) is 2.18. The molecule has 106 valence electrons. The van der Waals surface area contributed by atoms with Crippen molar-refractivity contribution in [3.63, 3.8) is 0 Å². The maximum atomic E-state index is 11.6. The van der Waals surface area contributed by atoms with Crippen molar-refractivity contribution in [3.8, 4) is 0 Å². The van der Waals surface area contributed by atoms with Crippen LogP contribution < -0.4 is 5.32 Å². The number of hydrogen-bond acceptors (Lipinski definition) is 4. The van der Waals surface area contributed by atoms with E-state index < -0.39 is 29.8 Å². The number of alkyl carbamates (subject to hydrolysis) is 1. The maximum Gasteiger partial charge on any atom is 0.408 e. The summed E-state index contributed by atoms with van der Waals surface area (Å²) in [6, 6.07) is 0. The average molecular weight is 261 g/mol. The highest BCUT2D eigenvalue weighted by Gasteiger charge is 2.41. The third kappa shape index (κ3) is 5.35. The number of hydrogen-bond donors (Lipinski definition) is 3. The molecule has 0 aromatic carbocycles. The first-order valence-corrected chi connectivity index (χ1v) is 5.88. The second-order valence-corrected chi connectivity index (χ2v) is 5.77. The van der Waals surface area contributed by atoms with E-state index in [0.29, 0.717) is 0 Å². The molecule has 0 aromatic rings. The molecule has 0 aliphatic carbocycles. The van der Waals surface area contributed by atoms with Gasteiger partial charge in [0.15, 0.2) is 5.54 Å². The molecule has 0 saturated carbocycles. The van der Waals surface area contributed by atoms with Gasteiger partial charge in [-0.2, -0.15) is 0 Å². The number of aliphatic carboxylic acids is 1. The lowest BCUT2D eigenvalue weighted by molar-refractivity contribution is -0.147. The molecule has 3 N–H and O–H groups in total. The van der Waals surface area contributed by atoms with Crippen LogP contribution in [0, 0.1) is 5.92 Å². The molecule has 6 heteroatoms. The van der Waals surface area contributed by atoms with Crippen LogP contribution in [0.4, 0.5) is 4.79 Å². The van der Waals surface area contributed by atoms with Crippen molar-refractivity contribution >= 4 is 12.1 Å². The van der Waals surface area contributed by atoms with Gasteiger partial charge in [0.1, 0.15) is 5.60 Å². The van der Waals surface area contributed by atoms with E-state index in [1.54, 1.807) is 20.8 Å². The minimum atomic E-state index is -1.70. The number of aliphatic hydroxyl groups is 1. The van der Waals surface area contributed by atoms with E-state index in [1.807, 2.05) is 13.8 Å². The van der Waals surface area contributed by atoms with E-state index >= 15 is 0 Å². The summed E-state index contributed by atoms with van der Waals surface area (Å²) in [6.45, 7) is 7.97. The van der Waals surface area contributed by atoms with Gasteiger partial charge in [-0.05, 0) is 33.1 Å². The SMILES string of the molecule is CC(C)C[C@@](CO)(NC(=O)OC(C)(C)C)C(=O)O. The summed E-state index contributed by atoms with van der Waals surface area (Å²) in [7, 11) is 0. The molecule has 1 atom stereocenters. The van der Waals surface area contributed by atoms with Crippen LogP contribution in [0.1, 0.15) is 41.0 Å². The predicted octanol–water partition coefficient (Wildman–Crippen LogP) is 1.37. The molecule has 18 heavy (non-hydrogen) atoms. The largest absolute Gasteiger partial charge is 0.479 e. The smallest absolute Gasteiger partial charge is 0.408 e. The molecule has 0 aliphatic rings. The summed E-state index contributed by atoms with van der Waals surface area (Å²) in [5.74, 6) is -1.27. The lowest BCUT2D eigenvalue weighted by Gasteiger charge is -2.31. The Morgan fingerprint density at radius 2 is 1.78 bits per heavy atom. The Morgan fingerprint density at radius 3 is 2.06 bits per heavy atom. The van der Waals surface area contributed by atoms with Gasteiger partial charge in [-0.1, -0.05) is 13.8 Å². The summed E-state index contributed by atoms with van der Waals surface area (Å²) < 4.78 is 5.00. The maximum absolute atomic E-state index is 11.6. The summed E-state index contributed by atoms with van der Waals surface area (Å²) >= 11 is 0. The van der Waals surface area contributed by atoms with Gasteiger partial charge in [-0.25, -0.2) is 9.59 Å². The van der Waals surface area contributed by atoms with E-state index in [1.165, 1.54) is 0 Å². The second kappa shape index (κ2) is 6.04. The number of carbonyl (C=O) groups excluding carboxylic acids is 1. The quantitative estimate of drug-likeness (QED) is 0.694. The first kappa shape index (κ1) is 16.7. The van der Waals surface area contributed by atoms with E-state index in [-0.39, 0.29) is 12.3 Å². The summed E-state index contributed by atoms with van der Waals surface area (Å²) in [5.41, 5.74) is -2.42. The fraction of sp³-hybridized carbons (Fsp3) is 0.833. The first-order chi connectivity index (χ1) is 8.02. The lowest BCUT2D eigenvalue weighted by Crippen LogP contribution is -2.58. The zero-order valence-corrected chi connectivity index (χ0v) is 11.6. The van der Waals surface area contributed by atoms with Gasteiger partial charge in [0, 0.05) is 0 Å². The number of amides is 1. The highest BCUT2D eigenvalue weighted by molar-refractivity contribution is 5.84. The van der Waals surface area contributed by atoms with Crippen LogP contribution in [0.25, 0.3) is 0 Å². The molecule has 0 heterocycles. The third-order valence-corrected chi connectivity index (χ3v) is 2.18. The van der Waals surface area contributed by atoms with Crippen molar-refractivity contribution in [2.24, 2.45) is 5.92 Å². The Balaban J connectivity index is 4.90. The van der Waals surface area contributed by atoms with Crippen LogP contribution >= 0.6 is 0 Å². The van der Waals surface area contributed by atoms with Crippen LogP contribution in [0.2, 0.25) is 0 Å². The molecular weight excluding hydrogens is 238 g/mol. The highest BCUT2D eigenvalue weighted by Crippen LogP contribution is 2.18. The molecule has 0 saturated heterocycles. The fourth-order valence-corrected chi connectivity index (χ4v) is 1.56. The van der Waals surface area contributed by atoms with Gasteiger partial charge in [0.25, 0.3) is 0 Å². The van der Waals surface area contributed by atoms with Crippen molar-refractivity contribution in [2.45, 2.75) is 52.2 Å². The molecule has 0 radical (unpaired) electrons. The predicted molar refractivity (Wildman–Crippen MR) is 66.3 cm³/mol. The number of rotatable bonds is 5. The second-order valence-electron chi connectivity index (χ2n) is 5.77. The standard InChI is InChI=1S/C12H23NO5/c1-8(2)6-12(7-14,9(15)16)13-10(17)18-11(3,4)5/h8,14H,6-7H2,1-5H3,(H,13,17)(H,15,16)/t12-/m0/s1. The van der Waals surface area contributed by atoms with E-state index in [9.17, 15) is 19.8 Å². The number of ether oxygens (including phenoxy) is 1. The number of nitrogens with one attached hydrogen (secondary N) is 1. The van der Waals surface area contributed by atoms with Crippen LogP contribution in [0.3, 0.4) is 0 Å². The van der Waals surface area contributed by atoms with E-state index in [0.717, 1.165) is 0 Å². The van der Waals surface area contributed by atoms with Gasteiger partial charge < -0.3 is 20.3 Å². The molecular formula is C12H23NO5. The van der Waals surface area contributed by atoms with Crippen LogP contribution in [-0.4, -0.2) is 40.0 Å². The van der Waals surface area contributed by atoms with E-state index in [2.05, 4.69) is 5.32 Å². The van der Waals surface area contributed by atoms with Gasteiger partial charge >= 0.3 is 12.1 Å². The Labute approximate surface area is 107 Å². The summed E-state index contributed by atoms with van der Waals surface area (Å²) in [4.78, 5) is 22.9. The van der Waals surface area contributed by atoms with Gasteiger partial charge in [-0.15, -0.1) is 0 Å². The number of aliphatic hydroxyl groups excluding tert-OH is 1. The molecule has 0 spiro atoms. The summed E-state index contributed by atoms with van der Waals surface area (Å²) in [5, 5.41) is 20.7. The zero-order chi connectivity index (χ0) is 14.6. The Kier molecular flexibility index (Phi) is 5.60. The first-order valence-electron chi connectivity index (χ1n) is 5.88. The highest BCUT2D eigenvalue weighted by atomic mass is 16.6. The molecule has 0 unspecified atom stereocenters. The van der Waals surface area contributed by atoms with Crippen molar-refractivity contribution < 1.29 is 24.5 Å². The number of carbonyl (C=O) groups is 2. The molecule has 0 aliphatic heterocycles. The molecule has 0 fully saturated rings. The van der Waals surface area contributed by atoms with Gasteiger partial charge in [-0.3, -0.25) is 0 Å².